The van der Waals surface area contributed by atoms with Gasteiger partial charge in [-0.1, -0.05) is 20.8 Å². The highest BCUT2D eigenvalue weighted by Crippen LogP contribution is 2.36. The van der Waals surface area contributed by atoms with Gasteiger partial charge < -0.3 is 14.5 Å². The first kappa shape index (κ1) is 22.8. The molecule has 0 fully saturated rings. The number of halogens is 1. The van der Waals surface area contributed by atoms with Crippen molar-refractivity contribution in [3.05, 3.63) is 22.9 Å². The summed E-state index contributed by atoms with van der Waals surface area (Å²) in [5.41, 5.74) is 0.738. The Morgan fingerprint density at radius 1 is 1.29 bits per heavy atom. The molecule has 2 heterocycles. The lowest BCUT2D eigenvalue weighted by atomic mass is 10.2. The van der Waals surface area contributed by atoms with Crippen molar-refractivity contribution >= 4 is 41.7 Å². The fourth-order valence-corrected chi connectivity index (χ4v) is 3.72. The molecule has 0 radical (unpaired) electrons. The van der Waals surface area contributed by atoms with Crippen LogP contribution < -0.4 is 5.32 Å². The molecule has 2 rings (SSSR count). The molecule has 0 aliphatic heterocycles. The van der Waals surface area contributed by atoms with E-state index in [1.54, 1.807) is 10.7 Å². The Morgan fingerprint density at radius 3 is 2.75 bits per heavy atom. The minimum Gasteiger partial charge on any atom is -0.464 e. The molecular formula is C19H31BrN4O3Si. The van der Waals surface area contributed by atoms with E-state index in [2.05, 4.69) is 65.2 Å². The summed E-state index contributed by atoms with van der Waals surface area (Å²) in [7, 11) is -1.70. The van der Waals surface area contributed by atoms with E-state index in [1.807, 2.05) is 12.3 Å². The summed E-state index contributed by atoms with van der Waals surface area (Å²) in [6.45, 7) is 12.7. The lowest BCUT2D eigenvalue weighted by Gasteiger charge is -2.36. The van der Waals surface area contributed by atoms with Crippen LogP contribution in [0.5, 0.6) is 0 Å². The zero-order valence-corrected chi connectivity index (χ0v) is 20.0. The smallest absolute Gasteiger partial charge is 0.305 e. The SMILES string of the molecule is CC(C)(C)[Si](C)(C)OCCCCC(=O)OCCNc1ccn2ncc(Br)c2n1. The first-order valence-electron chi connectivity index (χ1n) is 9.63. The molecule has 0 saturated heterocycles. The van der Waals surface area contributed by atoms with Crippen LogP contribution in [-0.2, 0) is 14.0 Å². The van der Waals surface area contributed by atoms with Gasteiger partial charge in [0.1, 0.15) is 12.4 Å². The number of carbonyl (C=O) groups is 1. The van der Waals surface area contributed by atoms with Crippen molar-refractivity contribution in [2.45, 2.75) is 58.2 Å². The largest absolute Gasteiger partial charge is 0.464 e. The number of esters is 1. The van der Waals surface area contributed by atoms with Crippen molar-refractivity contribution in [2.24, 2.45) is 0 Å². The number of ether oxygens (including phenoxy) is 1. The van der Waals surface area contributed by atoms with Crippen molar-refractivity contribution < 1.29 is 14.0 Å². The van der Waals surface area contributed by atoms with Crippen LogP contribution in [0.1, 0.15) is 40.0 Å². The molecule has 1 N–H and O–H groups in total. The van der Waals surface area contributed by atoms with Crippen molar-refractivity contribution in [3.63, 3.8) is 0 Å². The predicted octanol–water partition coefficient (Wildman–Crippen LogP) is 4.64. The lowest BCUT2D eigenvalue weighted by molar-refractivity contribution is -0.143. The van der Waals surface area contributed by atoms with E-state index in [0.29, 0.717) is 32.0 Å². The van der Waals surface area contributed by atoms with Crippen LogP contribution in [-0.4, -0.2) is 48.6 Å². The number of nitrogens with one attached hydrogen (secondary N) is 1. The average molecular weight is 471 g/mol. The molecule has 0 spiro atoms. The maximum Gasteiger partial charge on any atom is 0.305 e. The predicted molar refractivity (Wildman–Crippen MR) is 117 cm³/mol. The van der Waals surface area contributed by atoms with Crippen molar-refractivity contribution in [1.29, 1.82) is 0 Å². The molecule has 2 aromatic heterocycles. The van der Waals surface area contributed by atoms with Crippen LogP contribution in [0.4, 0.5) is 5.82 Å². The Hall–Kier alpha value is -1.45. The molecule has 7 nitrogen and oxygen atoms in total. The molecular weight excluding hydrogens is 440 g/mol. The average Bonchev–Trinajstić information content (AvgIpc) is 2.98. The van der Waals surface area contributed by atoms with Crippen LogP contribution in [0.15, 0.2) is 22.9 Å². The van der Waals surface area contributed by atoms with Gasteiger partial charge in [-0.15, -0.1) is 0 Å². The minimum atomic E-state index is -1.70. The molecule has 0 aliphatic carbocycles. The second-order valence-electron chi connectivity index (χ2n) is 8.29. The van der Waals surface area contributed by atoms with E-state index < -0.39 is 8.32 Å². The summed E-state index contributed by atoms with van der Waals surface area (Å²) in [4.78, 5) is 16.3. The monoisotopic (exact) mass is 470 g/mol. The van der Waals surface area contributed by atoms with Gasteiger partial charge in [0, 0.05) is 19.2 Å². The summed E-state index contributed by atoms with van der Waals surface area (Å²) in [6, 6.07) is 1.83. The third-order valence-electron chi connectivity index (χ3n) is 5.04. The van der Waals surface area contributed by atoms with E-state index in [9.17, 15) is 4.79 Å². The summed E-state index contributed by atoms with van der Waals surface area (Å²) in [6.07, 6.45) is 5.62. The maximum absolute atomic E-state index is 11.8. The molecule has 0 amide bonds. The highest BCUT2D eigenvalue weighted by atomic mass is 79.9. The van der Waals surface area contributed by atoms with Gasteiger partial charge in [-0.2, -0.15) is 5.10 Å². The van der Waals surface area contributed by atoms with Crippen LogP contribution in [0.2, 0.25) is 18.1 Å². The second kappa shape index (κ2) is 9.84. The number of rotatable bonds is 10. The van der Waals surface area contributed by atoms with Gasteiger partial charge >= 0.3 is 5.97 Å². The van der Waals surface area contributed by atoms with Gasteiger partial charge in [0.25, 0.3) is 0 Å². The zero-order chi connectivity index (χ0) is 20.8. The topological polar surface area (TPSA) is 77.8 Å². The zero-order valence-electron chi connectivity index (χ0n) is 17.4. The fourth-order valence-electron chi connectivity index (χ4n) is 2.27. The van der Waals surface area contributed by atoms with Crippen molar-refractivity contribution in [2.75, 3.05) is 25.1 Å². The minimum absolute atomic E-state index is 0.170. The fraction of sp³-hybridized carbons (Fsp3) is 0.632. The Balaban J connectivity index is 1.58. The third kappa shape index (κ3) is 6.56. The molecule has 0 bridgehead atoms. The van der Waals surface area contributed by atoms with Crippen LogP contribution in [0.25, 0.3) is 5.65 Å². The van der Waals surface area contributed by atoms with Gasteiger partial charge in [-0.25, -0.2) is 9.50 Å². The van der Waals surface area contributed by atoms with Crippen molar-refractivity contribution in [1.82, 2.24) is 14.6 Å². The molecule has 0 aromatic carbocycles. The Kier molecular flexibility index (Phi) is 8.03. The highest BCUT2D eigenvalue weighted by molar-refractivity contribution is 9.10. The standard InChI is InChI=1S/C19H31BrN4O3Si/c1-19(2,3)28(4,5)27-12-7-6-8-17(25)26-13-10-21-16-9-11-24-18(23-16)15(20)14-22-24/h9,11,14H,6-8,10,12-13H2,1-5H3,(H,21,23). The summed E-state index contributed by atoms with van der Waals surface area (Å²) in [5, 5.41) is 7.51. The number of hydrogen-bond acceptors (Lipinski definition) is 6. The lowest BCUT2D eigenvalue weighted by Crippen LogP contribution is -2.40. The van der Waals surface area contributed by atoms with Gasteiger partial charge in [-0.3, -0.25) is 4.79 Å². The van der Waals surface area contributed by atoms with E-state index in [4.69, 9.17) is 9.16 Å². The molecule has 28 heavy (non-hydrogen) atoms. The first-order chi connectivity index (χ1) is 13.1. The molecule has 156 valence electrons. The van der Waals surface area contributed by atoms with E-state index in [-0.39, 0.29) is 11.0 Å². The number of nitrogens with zero attached hydrogens (tertiary/aromatic N) is 3. The summed E-state index contributed by atoms with van der Waals surface area (Å²) < 4.78 is 13.9. The van der Waals surface area contributed by atoms with E-state index in [1.165, 1.54) is 0 Å². The van der Waals surface area contributed by atoms with Crippen LogP contribution >= 0.6 is 15.9 Å². The third-order valence-corrected chi connectivity index (χ3v) is 10.1. The van der Waals surface area contributed by atoms with Gasteiger partial charge in [0.15, 0.2) is 14.0 Å². The maximum atomic E-state index is 11.8. The number of hydrogen-bond donors (Lipinski definition) is 1. The Labute approximate surface area is 176 Å². The van der Waals surface area contributed by atoms with Crippen LogP contribution in [0, 0.1) is 0 Å². The Bertz CT molecular complexity index is 789. The van der Waals surface area contributed by atoms with Gasteiger partial charge in [0.05, 0.1) is 17.2 Å². The number of anilines is 1. The molecule has 0 unspecified atom stereocenters. The number of unbranched alkanes of at least 4 members (excludes halogenated alkanes) is 1. The van der Waals surface area contributed by atoms with Crippen LogP contribution in [0.3, 0.4) is 0 Å². The van der Waals surface area contributed by atoms with E-state index >= 15 is 0 Å². The van der Waals surface area contributed by atoms with E-state index in [0.717, 1.165) is 23.0 Å². The normalized spacial score (nSPS) is 12.4. The second-order valence-corrected chi connectivity index (χ2v) is 14.0. The quantitative estimate of drug-likeness (QED) is 0.309. The van der Waals surface area contributed by atoms with Crippen molar-refractivity contribution in [3.8, 4) is 0 Å². The number of fused-ring (bicyclic) bond motifs is 1. The number of carbonyl (C=O) groups excluding carboxylic acids is 1. The molecule has 9 heteroatoms. The van der Waals surface area contributed by atoms with Gasteiger partial charge in [-0.05, 0) is 53.0 Å². The molecule has 0 aliphatic rings. The first-order valence-corrected chi connectivity index (χ1v) is 13.3. The summed E-state index contributed by atoms with van der Waals surface area (Å²) in [5.74, 6) is 0.545. The molecule has 2 aromatic rings. The molecule has 0 atom stereocenters. The highest BCUT2D eigenvalue weighted by Gasteiger charge is 2.36. The number of aromatic nitrogens is 3. The molecule has 0 saturated carbocycles. The van der Waals surface area contributed by atoms with Gasteiger partial charge in [0.2, 0.25) is 0 Å². The summed E-state index contributed by atoms with van der Waals surface area (Å²) >= 11 is 3.41. The Morgan fingerprint density at radius 2 is 2.04 bits per heavy atom.